The predicted octanol–water partition coefficient (Wildman–Crippen LogP) is 2.04. The predicted molar refractivity (Wildman–Crippen MR) is 120 cm³/mol. The fraction of sp³-hybridized carbons (Fsp3) is 0.500. The number of aromatic nitrogens is 4. The molecule has 0 saturated heterocycles. The number of methoxy groups -OCH3 is 1. The van der Waals surface area contributed by atoms with Gasteiger partial charge in [-0.1, -0.05) is 13.0 Å². The monoisotopic (exact) mass is 427 g/mol. The van der Waals surface area contributed by atoms with E-state index in [9.17, 15) is 9.59 Å². The fourth-order valence-electron chi connectivity index (χ4n) is 4.22. The Labute approximate surface area is 180 Å². The molecule has 0 amide bonds. The van der Waals surface area contributed by atoms with Gasteiger partial charge < -0.3 is 18.9 Å². The van der Waals surface area contributed by atoms with Gasteiger partial charge in [0.15, 0.2) is 11.2 Å². The molecule has 3 aromatic rings. The van der Waals surface area contributed by atoms with Crippen molar-refractivity contribution in [3.63, 3.8) is 0 Å². The zero-order valence-corrected chi connectivity index (χ0v) is 18.7. The summed E-state index contributed by atoms with van der Waals surface area (Å²) in [7, 11) is 3.30. The summed E-state index contributed by atoms with van der Waals surface area (Å²) in [5.41, 5.74) is 2.11. The summed E-state index contributed by atoms with van der Waals surface area (Å²) in [6.07, 6.45) is 0. The van der Waals surface area contributed by atoms with E-state index < -0.39 is 0 Å². The largest absolute Gasteiger partial charge is 0.495 e. The van der Waals surface area contributed by atoms with Crippen LogP contribution in [0.1, 0.15) is 19.4 Å². The lowest BCUT2D eigenvalue weighted by Gasteiger charge is -2.33. The van der Waals surface area contributed by atoms with Gasteiger partial charge in [0.25, 0.3) is 5.56 Å². The lowest BCUT2D eigenvalue weighted by Crippen LogP contribution is -2.41. The van der Waals surface area contributed by atoms with Crippen LogP contribution >= 0.6 is 0 Å². The maximum Gasteiger partial charge on any atom is 0.332 e. The Hall–Kier alpha value is -3.07. The van der Waals surface area contributed by atoms with Crippen LogP contribution in [0.25, 0.3) is 11.2 Å². The van der Waals surface area contributed by atoms with E-state index in [0.29, 0.717) is 36.9 Å². The molecule has 3 heterocycles. The summed E-state index contributed by atoms with van der Waals surface area (Å²) in [4.78, 5) is 33.0. The second-order valence-electron chi connectivity index (χ2n) is 8.08. The normalized spacial score (nSPS) is 16.0. The van der Waals surface area contributed by atoms with Crippen LogP contribution in [-0.4, -0.2) is 45.6 Å². The van der Waals surface area contributed by atoms with Gasteiger partial charge in [0, 0.05) is 26.7 Å². The Kier molecular flexibility index (Phi) is 5.62. The number of hydrogen-bond acceptors (Lipinski definition) is 6. The molecule has 0 radical (unpaired) electrons. The SMILES string of the molecule is CCOCCn1c(=O)c2c(nc3n2CC(C)CN3c2cc(C)ccc2OC)n(C)c1=O. The van der Waals surface area contributed by atoms with Crippen molar-refractivity contribution in [3.8, 4) is 5.75 Å². The van der Waals surface area contributed by atoms with Crippen molar-refractivity contribution in [2.75, 3.05) is 31.8 Å². The maximum atomic E-state index is 13.3. The van der Waals surface area contributed by atoms with Crippen LogP contribution in [-0.2, 0) is 24.9 Å². The van der Waals surface area contributed by atoms with Crippen molar-refractivity contribution in [1.29, 1.82) is 0 Å². The number of rotatable bonds is 6. The van der Waals surface area contributed by atoms with Gasteiger partial charge in [-0.2, -0.15) is 4.98 Å². The van der Waals surface area contributed by atoms with E-state index in [0.717, 1.165) is 23.5 Å². The topological polar surface area (TPSA) is 83.5 Å². The molecule has 31 heavy (non-hydrogen) atoms. The average Bonchev–Trinajstić information content (AvgIpc) is 3.13. The first-order chi connectivity index (χ1) is 14.9. The van der Waals surface area contributed by atoms with Gasteiger partial charge in [-0.25, -0.2) is 4.79 Å². The summed E-state index contributed by atoms with van der Waals surface area (Å²) >= 11 is 0. The van der Waals surface area contributed by atoms with E-state index in [2.05, 4.69) is 17.9 Å². The molecule has 166 valence electrons. The van der Waals surface area contributed by atoms with Crippen LogP contribution in [0.3, 0.4) is 0 Å². The number of aryl methyl sites for hydroxylation is 2. The summed E-state index contributed by atoms with van der Waals surface area (Å²) < 4.78 is 15.6. The molecule has 1 aromatic carbocycles. The molecule has 1 atom stereocenters. The van der Waals surface area contributed by atoms with Crippen LogP contribution in [0.4, 0.5) is 11.6 Å². The third kappa shape index (κ3) is 3.52. The quantitative estimate of drug-likeness (QED) is 0.560. The summed E-state index contributed by atoms with van der Waals surface area (Å²) in [5, 5.41) is 0. The van der Waals surface area contributed by atoms with Crippen LogP contribution < -0.4 is 20.9 Å². The van der Waals surface area contributed by atoms with Crippen molar-refractivity contribution < 1.29 is 9.47 Å². The Balaban J connectivity index is 1.95. The minimum atomic E-state index is -0.389. The highest BCUT2D eigenvalue weighted by molar-refractivity contribution is 5.78. The molecular weight excluding hydrogens is 398 g/mol. The number of benzene rings is 1. The van der Waals surface area contributed by atoms with Gasteiger partial charge in [0.2, 0.25) is 5.95 Å². The number of nitrogens with zero attached hydrogens (tertiary/aromatic N) is 5. The molecule has 0 fully saturated rings. The van der Waals surface area contributed by atoms with Gasteiger partial charge in [0.1, 0.15) is 5.75 Å². The van der Waals surface area contributed by atoms with Crippen molar-refractivity contribution in [1.82, 2.24) is 18.7 Å². The average molecular weight is 428 g/mol. The van der Waals surface area contributed by atoms with Crippen LogP contribution in [0.2, 0.25) is 0 Å². The molecular formula is C22H29N5O4. The highest BCUT2D eigenvalue weighted by Crippen LogP contribution is 2.38. The van der Waals surface area contributed by atoms with Crippen molar-refractivity contribution >= 4 is 22.8 Å². The van der Waals surface area contributed by atoms with E-state index in [1.807, 2.05) is 30.5 Å². The van der Waals surface area contributed by atoms with Gasteiger partial charge in [-0.15, -0.1) is 0 Å². The Bertz CT molecular complexity index is 1240. The molecule has 1 unspecified atom stereocenters. The second kappa shape index (κ2) is 8.22. The van der Waals surface area contributed by atoms with E-state index in [1.54, 1.807) is 14.2 Å². The lowest BCUT2D eigenvalue weighted by atomic mass is 10.1. The van der Waals surface area contributed by atoms with E-state index in [4.69, 9.17) is 14.5 Å². The first-order valence-electron chi connectivity index (χ1n) is 10.6. The zero-order chi connectivity index (χ0) is 22.3. The van der Waals surface area contributed by atoms with Crippen molar-refractivity contribution in [3.05, 3.63) is 44.6 Å². The number of fused-ring (bicyclic) bond motifs is 3. The fourth-order valence-corrected chi connectivity index (χ4v) is 4.22. The first-order valence-corrected chi connectivity index (χ1v) is 10.6. The molecule has 4 rings (SSSR count). The maximum absolute atomic E-state index is 13.3. The van der Waals surface area contributed by atoms with E-state index in [-0.39, 0.29) is 23.7 Å². The van der Waals surface area contributed by atoms with Crippen LogP contribution in [0.5, 0.6) is 5.75 Å². The highest BCUT2D eigenvalue weighted by atomic mass is 16.5. The third-order valence-corrected chi connectivity index (χ3v) is 5.73. The first kappa shape index (κ1) is 21.2. The number of imidazole rings is 1. The number of anilines is 2. The van der Waals surface area contributed by atoms with Gasteiger partial charge in [-0.05, 0) is 37.5 Å². The number of hydrogen-bond donors (Lipinski definition) is 0. The molecule has 9 heteroatoms. The van der Waals surface area contributed by atoms with Crippen molar-refractivity contribution in [2.45, 2.75) is 33.9 Å². The molecule has 0 spiro atoms. The van der Waals surface area contributed by atoms with Crippen LogP contribution in [0.15, 0.2) is 27.8 Å². The molecule has 1 aliphatic rings. The zero-order valence-electron chi connectivity index (χ0n) is 18.7. The minimum Gasteiger partial charge on any atom is -0.495 e. The molecule has 9 nitrogen and oxygen atoms in total. The van der Waals surface area contributed by atoms with Crippen LogP contribution in [0, 0.1) is 12.8 Å². The molecule has 0 saturated carbocycles. The van der Waals surface area contributed by atoms with Gasteiger partial charge in [0.05, 0.1) is 25.9 Å². The Morgan fingerprint density at radius 3 is 2.71 bits per heavy atom. The highest BCUT2D eigenvalue weighted by Gasteiger charge is 2.31. The summed E-state index contributed by atoms with van der Waals surface area (Å²) in [6, 6.07) is 5.99. The molecule has 2 aromatic heterocycles. The summed E-state index contributed by atoms with van der Waals surface area (Å²) in [6.45, 7) is 8.48. The van der Waals surface area contributed by atoms with Gasteiger partial charge in [-0.3, -0.25) is 13.9 Å². The van der Waals surface area contributed by atoms with Crippen molar-refractivity contribution in [2.24, 2.45) is 13.0 Å². The van der Waals surface area contributed by atoms with E-state index in [1.165, 1.54) is 9.13 Å². The Morgan fingerprint density at radius 2 is 2.00 bits per heavy atom. The molecule has 0 N–H and O–H groups in total. The summed E-state index contributed by atoms with van der Waals surface area (Å²) in [5.74, 6) is 1.65. The standard InChI is InChI=1S/C22H29N5O4/c1-6-31-10-9-25-20(28)18-19(24(4)22(25)29)23-21-26(12-15(3)13-27(18)21)16-11-14(2)7-8-17(16)30-5/h7-8,11,15H,6,9-10,12-13H2,1-5H3. The third-order valence-electron chi connectivity index (χ3n) is 5.73. The minimum absolute atomic E-state index is 0.209. The van der Waals surface area contributed by atoms with Gasteiger partial charge >= 0.3 is 5.69 Å². The molecule has 1 aliphatic heterocycles. The number of ether oxygens (including phenoxy) is 2. The molecule has 0 bridgehead atoms. The second-order valence-corrected chi connectivity index (χ2v) is 8.08. The van der Waals surface area contributed by atoms with E-state index >= 15 is 0 Å². The lowest BCUT2D eigenvalue weighted by molar-refractivity contribution is 0.137. The Morgan fingerprint density at radius 1 is 1.23 bits per heavy atom. The molecule has 0 aliphatic carbocycles. The smallest absolute Gasteiger partial charge is 0.332 e.